The van der Waals surface area contributed by atoms with Crippen LogP contribution in [0.2, 0.25) is 5.02 Å². The number of aromatic nitrogens is 2. The van der Waals surface area contributed by atoms with E-state index in [1.165, 1.54) is 4.90 Å². The molecular weight excluding hydrogens is 581 g/mol. The number of piperazine rings is 1. The van der Waals surface area contributed by atoms with Gasteiger partial charge in [-0.1, -0.05) is 30.3 Å². The molecule has 0 saturated carbocycles. The second kappa shape index (κ2) is 11.6. The molecule has 228 valence electrons. The molecule has 0 bridgehead atoms. The lowest BCUT2D eigenvalue weighted by Crippen LogP contribution is -2.55. The number of carbonyl (C=O) groups is 1. The van der Waals surface area contributed by atoms with E-state index in [1.54, 1.807) is 0 Å². The number of carbonyl (C=O) groups excluding carboxylic acids is 1. The van der Waals surface area contributed by atoms with Gasteiger partial charge >= 0.3 is 6.01 Å². The van der Waals surface area contributed by atoms with Crippen molar-refractivity contribution in [3.05, 3.63) is 58.0 Å². The number of hydrogen-bond donors (Lipinski definition) is 0. The zero-order chi connectivity index (χ0) is 30.5. The Hall–Kier alpha value is -3.36. The van der Waals surface area contributed by atoms with Gasteiger partial charge in [-0.25, -0.2) is 13.2 Å². The largest absolute Gasteiger partial charge is 0.462 e. The Balaban J connectivity index is 1.37. The zero-order valence-corrected chi connectivity index (χ0v) is 24.8. The van der Waals surface area contributed by atoms with Crippen molar-refractivity contribution < 1.29 is 22.7 Å². The van der Waals surface area contributed by atoms with Gasteiger partial charge in [-0.05, 0) is 56.3 Å². The Morgan fingerprint density at radius 2 is 1.95 bits per heavy atom. The Kier molecular flexibility index (Phi) is 8.03. The van der Waals surface area contributed by atoms with Crippen LogP contribution in [0.25, 0.3) is 0 Å². The quantitative estimate of drug-likeness (QED) is 0.432. The molecule has 8 nitrogen and oxygen atoms in total. The number of likely N-dealkylation sites (N-methyl/N-ethyl adjacent to an activating group) is 1. The SMILES string of the molecule is C=C(F)C(=O)N1CCN(c2nc(OC[C@H]3C[C@@H](F)CN3C)nc3c2CC[C@@]2(CCc4c(Cl)cccc42)[C@H]3F)C[C@@H]1CC#N. The van der Waals surface area contributed by atoms with Crippen LogP contribution in [-0.2, 0) is 23.1 Å². The van der Waals surface area contributed by atoms with Gasteiger partial charge in [0.1, 0.15) is 18.6 Å². The Labute approximate surface area is 254 Å². The molecule has 2 aromatic rings. The summed E-state index contributed by atoms with van der Waals surface area (Å²) < 4.78 is 50.8. The van der Waals surface area contributed by atoms with Crippen molar-refractivity contribution >= 4 is 23.3 Å². The van der Waals surface area contributed by atoms with E-state index >= 15 is 4.39 Å². The lowest BCUT2D eigenvalue weighted by molar-refractivity contribution is -0.131. The van der Waals surface area contributed by atoms with E-state index in [0.29, 0.717) is 61.6 Å². The van der Waals surface area contributed by atoms with Crippen molar-refractivity contribution in [2.45, 2.75) is 68.4 Å². The molecule has 4 aliphatic rings. The fraction of sp³-hybridized carbons (Fsp3) is 0.548. The summed E-state index contributed by atoms with van der Waals surface area (Å²) in [5.41, 5.74) is 2.03. The van der Waals surface area contributed by atoms with Crippen LogP contribution >= 0.6 is 11.6 Å². The van der Waals surface area contributed by atoms with Crippen molar-refractivity contribution in [3.63, 3.8) is 0 Å². The normalized spacial score (nSPS) is 28.5. The van der Waals surface area contributed by atoms with E-state index in [0.717, 1.165) is 11.1 Å². The molecule has 1 aromatic carbocycles. The van der Waals surface area contributed by atoms with Gasteiger partial charge in [0.25, 0.3) is 5.91 Å². The highest BCUT2D eigenvalue weighted by molar-refractivity contribution is 6.31. The number of ether oxygens (including phenoxy) is 1. The third-order valence-corrected chi connectivity index (χ3v) is 10.0. The maximum absolute atomic E-state index is 17.0. The minimum Gasteiger partial charge on any atom is -0.462 e. The number of hydrogen-bond acceptors (Lipinski definition) is 7. The highest BCUT2D eigenvalue weighted by atomic mass is 35.5. The van der Waals surface area contributed by atoms with Crippen LogP contribution in [0.3, 0.4) is 0 Å². The number of benzene rings is 1. The number of halogens is 4. The van der Waals surface area contributed by atoms with Crippen LogP contribution in [0, 0.1) is 11.3 Å². The second-order valence-electron chi connectivity index (χ2n) is 12.1. The molecule has 3 heterocycles. The van der Waals surface area contributed by atoms with Crippen LogP contribution in [0.4, 0.5) is 19.0 Å². The van der Waals surface area contributed by atoms with Crippen LogP contribution in [0.1, 0.15) is 54.2 Å². The summed E-state index contributed by atoms with van der Waals surface area (Å²) in [4.78, 5) is 27.0. The number of nitriles is 1. The highest BCUT2D eigenvalue weighted by Crippen LogP contribution is 2.56. The van der Waals surface area contributed by atoms with Crippen molar-refractivity contribution in [2.75, 3.05) is 44.7 Å². The molecule has 1 spiro atoms. The van der Waals surface area contributed by atoms with Gasteiger partial charge in [0.2, 0.25) is 0 Å². The average molecular weight is 615 g/mol. The van der Waals surface area contributed by atoms with E-state index < -0.39 is 35.5 Å². The molecular formula is C31H34ClF3N6O2. The van der Waals surface area contributed by atoms with E-state index in [9.17, 15) is 18.8 Å². The highest BCUT2D eigenvalue weighted by Gasteiger charge is 2.51. The minimum atomic E-state index is -1.45. The first-order valence-electron chi connectivity index (χ1n) is 14.7. The standard InChI is InChI=1S/C31H34ClF3N6O2/c1-18(33)29(42)41-13-12-40(16-20(41)8-11-36)28-23-7-10-31(9-6-22-24(31)4-3-5-25(22)32)27(35)26(23)37-30(38-28)43-17-21-14-19(34)15-39(21)2/h3-5,19-21,27H,1,6-10,12-17H2,2H3/t19-,20+,21-,27+,31-/m1/s1. The number of likely N-dealkylation sites (tertiary alicyclic amines) is 1. The Bertz CT molecular complexity index is 1490. The predicted octanol–water partition coefficient (Wildman–Crippen LogP) is 4.81. The molecule has 2 aliphatic heterocycles. The lowest BCUT2D eigenvalue weighted by Gasteiger charge is -2.43. The molecule has 2 aliphatic carbocycles. The first-order valence-corrected chi connectivity index (χ1v) is 15.1. The Morgan fingerprint density at radius 1 is 1.19 bits per heavy atom. The van der Waals surface area contributed by atoms with Crippen molar-refractivity contribution in [3.8, 4) is 12.1 Å². The third-order valence-electron chi connectivity index (χ3n) is 9.66. The Morgan fingerprint density at radius 3 is 2.65 bits per heavy atom. The van der Waals surface area contributed by atoms with Gasteiger partial charge in [0, 0.05) is 48.2 Å². The summed E-state index contributed by atoms with van der Waals surface area (Å²) >= 11 is 6.51. The summed E-state index contributed by atoms with van der Waals surface area (Å²) in [5, 5.41) is 10.1. The van der Waals surface area contributed by atoms with E-state index in [2.05, 4.69) is 17.6 Å². The van der Waals surface area contributed by atoms with Crippen molar-refractivity contribution in [1.82, 2.24) is 19.8 Å². The smallest absolute Gasteiger partial charge is 0.318 e. The molecule has 5 atom stereocenters. The third kappa shape index (κ3) is 5.22. The van der Waals surface area contributed by atoms with Gasteiger partial charge in [-0.2, -0.15) is 15.2 Å². The molecule has 1 aromatic heterocycles. The van der Waals surface area contributed by atoms with Crippen LogP contribution in [0.15, 0.2) is 30.6 Å². The van der Waals surface area contributed by atoms with Gasteiger partial charge in [-0.3, -0.25) is 9.69 Å². The predicted molar refractivity (Wildman–Crippen MR) is 155 cm³/mol. The fourth-order valence-corrected chi connectivity index (χ4v) is 7.66. The summed E-state index contributed by atoms with van der Waals surface area (Å²) in [6, 6.07) is 6.95. The molecule has 43 heavy (non-hydrogen) atoms. The molecule has 6 rings (SSSR count). The lowest BCUT2D eigenvalue weighted by atomic mass is 9.68. The number of rotatable bonds is 6. The molecule has 12 heteroatoms. The van der Waals surface area contributed by atoms with Crippen molar-refractivity contribution in [1.29, 1.82) is 5.26 Å². The number of amides is 1. The number of fused-ring (bicyclic) bond motifs is 3. The van der Waals surface area contributed by atoms with E-state index in [-0.39, 0.29) is 43.9 Å². The minimum absolute atomic E-state index is 0.000878. The van der Waals surface area contributed by atoms with Crippen LogP contribution < -0.4 is 9.64 Å². The van der Waals surface area contributed by atoms with Crippen LogP contribution in [0.5, 0.6) is 6.01 Å². The second-order valence-corrected chi connectivity index (χ2v) is 12.5. The number of alkyl halides is 2. The molecule has 1 amide bonds. The first-order chi connectivity index (χ1) is 20.6. The maximum atomic E-state index is 17.0. The molecule has 2 fully saturated rings. The molecule has 0 N–H and O–H groups in total. The molecule has 2 saturated heterocycles. The molecule has 0 radical (unpaired) electrons. The fourth-order valence-electron chi connectivity index (χ4n) is 7.39. The number of anilines is 1. The van der Waals surface area contributed by atoms with Gasteiger partial charge in [0.15, 0.2) is 12.0 Å². The average Bonchev–Trinajstić information content (AvgIpc) is 3.53. The van der Waals surface area contributed by atoms with Crippen LogP contribution in [-0.4, -0.2) is 83.8 Å². The van der Waals surface area contributed by atoms with E-state index in [4.69, 9.17) is 21.3 Å². The van der Waals surface area contributed by atoms with Gasteiger partial charge in [0.05, 0.1) is 24.2 Å². The topological polar surface area (TPSA) is 85.6 Å². The first kappa shape index (κ1) is 29.7. The summed E-state index contributed by atoms with van der Waals surface area (Å²) in [6.07, 6.45) is 0.245. The van der Waals surface area contributed by atoms with Gasteiger partial charge < -0.3 is 14.5 Å². The zero-order valence-electron chi connectivity index (χ0n) is 24.0. The van der Waals surface area contributed by atoms with Crippen molar-refractivity contribution in [2.24, 2.45) is 0 Å². The summed E-state index contributed by atoms with van der Waals surface area (Å²) in [5.74, 6) is -1.44. The summed E-state index contributed by atoms with van der Waals surface area (Å²) in [6.45, 7) is 4.22. The number of nitrogens with zero attached hydrogens (tertiary/aromatic N) is 6. The monoisotopic (exact) mass is 614 g/mol. The summed E-state index contributed by atoms with van der Waals surface area (Å²) in [7, 11) is 1.83. The maximum Gasteiger partial charge on any atom is 0.318 e. The van der Waals surface area contributed by atoms with Gasteiger partial charge in [-0.15, -0.1) is 0 Å². The van der Waals surface area contributed by atoms with E-state index in [1.807, 2.05) is 35.0 Å². The molecule has 0 unspecified atom stereocenters.